The fraction of sp³-hybridized carbons (Fsp3) is 0.263. The highest BCUT2D eigenvalue weighted by Gasteiger charge is 2.24. The first-order chi connectivity index (χ1) is 13.6. The van der Waals surface area contributed by atoms with E-state index in [2.05, 4.69) is 0 Å². The first-order valence-electron chi connectivity index (χ1n) is 8.85. The monoisotopic (exact) mass is 400 g/mol. The van der Waals surface area contributed by atoms with Crippen LogP contribution in [0.25, 0.3) is 0 Å². The minimum Gasteiger partial charge on any atom is -0.461 e. The highest BCUT2D eigenvalue weighted by atomic mass is 16.5. The van der Waals surface area contributed by atoms with Gasteiger partial charge < -0.3 is 29.6 Å². The number of hydrogen-bond acceptors (Lipinski definition) is 8. The Hall–Kier alpha value is -2.65. The summed E-state index contributed by atoms with van der Waals surface area (Å²) in [7, 11) is -3.22. The van der Waals surface area contributed by atoms with Gasteiger partial charge in [0.25, 0.3) is 0 Å². The molecule has 0 saturated heterocycles. The molecule has 0 aromatic heterocycles. The third kappa shape index (κ3) is 6.72. The molecule has 152 valence electrons. The van der Waals surface area contributed by atoms with Crippen molar-refractivity contribution in [1.29, 1.82) is 0 Å². The van der Waals surface area contributed by atoms with E-state index in [-0.39, 0.29) is 35.3 Å². The van der Waals surface area contributed by atoms with Gasteiger partial charge in [0.15, 0.2) is 0 Å². The predicted octanol–water partition coefficient (Wildman–Crippen LogP) is -0.914. The smallest absolute Gasteiger partial charge is 0.461 e. The number of benzene rings is 2. The van der Waals surface area contributed by atoms with Gasteiger partial charge in [-0.2, -0.15) is 0 Å². The van der Waals surface area contributed by atoms with E-state index in [1.54, 1.807) is 13.8 Å². The summed E-state index contributed by atoms with van der Waals surface area (Å²) in [6.45, 7) is 3.53. The lowest BCUT2D eigenvalue weighted by Gasteiger charge is -2.23. The number of carbonyl (C=O) groups excluding carboxylic acids is 2. The first kappa shape index (κ1) is 22.6. The zero-order valence-corrected chi connectivity index (χ0v) is 16.1. The average molecular weight is 400 g/mol. The van der Waals surface area contributed by atoms with Crippen LogP contribution in [0.2, 0.25) is 0 Å². The summed E-state index contributed by atoms with van der Waals surface area (Å²) in [5.41, 5.74) is 0.390. The van der Waals surface area contributed by atoms with Gasteiger partial charge in [-0.3, -0.25) is 0 Å². The molecule has 2 aromatic carbocycles. The van der Waals surface area contributed by atoms with Crippen molar-refractivity contribution >= 4 is 37.1 Å². The summed E-state index contributed by atoms with van der Waals surface area (Å²) < 4.78 is 10.5. The summed E-state index contributed by atoms with van der Waals surface area (Å²) >= 11 is 0. The Bertz CT molecular complexity index is 763. The van der Waals surface area contributed by atoms with Gasteiger partial charge in [-0.15, -0.1) is 0 Å². The van der Waals surface area contributed by atoms with Crippen molar-refractivity contribution in [1.82, 2.24) is 0 Å². The lowest BCUT2D eigenvalue weighted by Crippen LogP contribution is -2.31. The molecular weight excluding hydrogens is 378 g/mol. The second kappa shape index (κ2) is 9.71. The molecule has 0 aliphatic carbocycles. The highest BCUT2D eigenvalue weighted by Crippen LogP contribution is 2.18. The Labute approximate surface area is 169 Å². The van der Waals surface area contributed by atoms with E-state index in [0.717, 1.165) is 0 Å². The molecule has 0 atom stereocenters. The van der Waals surface area contributed by atoms with Crippen LogP contribution in [0.1, 0.15) is 34.6 Å². The normalized spacial score (nSPS) is 11.0. The number of rotatable bonds is 8. The molecule has 0 unspecified atom stereocenters. The molecule has 2 rings (SSSR count). The van der Waals surface area contributed by atoms with Crippen LogP contribution >= 0.6 is 0 Å². The third-order valence-corrected chi connectivity index (χ3v) is 4.08. The molecule has 0 fully saturated rings. The van der Waals surface area contributed by atoms with Crippen molar-refractivity contribution in [2.45, 2.75) is 13.8 Å². The van der Waals surface area contributed by atoms with E-state index < -0.39 is 31.6 Å². The van der Waals surface area contributed by atoms with Gasteiger partial charge in [0.2, 0.25) is 0 Å². The molecule has 0 spiro atoms. The van der Waals surface area contributed by atoms with Crippen molar-refractivity contribution in [2.24, 2.45) is 5.41 Å². The number of ether oxygens (including phenoxy) is 2. The van der Waals surface area contributed by atoms with Crippen LogP contribution in [0.15, 0.2) is 48.5 Å². The van der Waals surface area contributed by atoms with Crippen molar-refractivity contribution in [2.75, 3.05) is 13.2 Å². The topological polar surface area (TPSA) is 134 Å². The maximum Gasteiger partial charge on any atom is 0.488 e. The lowest BCUT2D eigenvalue weighted by atomic mass is 9.80. The second-order valence-corrected chi connectivity index (χ2v) is 7.31. The van der Waals surface area contributed by atoms with Gasteiger partial charge in [-0.25, -0.2) is 9.59 Å². The maximum absolute atomic E-state index is 12.1. The summed E-state index contributed by atoms with van der Waals surface area (Å²) in [5, 5.41) is 36.3. The lowest BCUT2D eigenvalue weighted by molar-refractivity contribution is 0.00616. The van der Waals surface area contributed by atoms with Crippen LogP contribution in [0.3, 0.4) is 0 Å². The van der Waals surface area contributed by atoms with Crippen molar-refractivity contribution in [3.8, 4) is 0 Å². The summed E-state index contributed by atoms with van der Waals surface area (Å²) in [6.07, 6.45) is 0. The largest absolute Gasteiger partial charge is 0.488 e. The number of esters is 2. The molecule has 8 nitrogen and oxygen atoms in total. The van der Waals surface area contributed by atoms with Crippen LogP contribution in [0.5, 0.6) is 0 Å². The Morgan fingerprint density at radius 1 is 0.724 bits per heavy atom. The number of carbonyl (C=O) groups is 2. The van der Waals surface area contributed by atoms with Crippen LogP contribution in [-0.4, -0.2) is 59.5 Å². The van der Waals surface area contributed by atoms with E-state index in [1.165, 1.54) is 48.5 Å². The maximum atomic E-state index is 12.1. The molecule has 0 radical (unpaired) electrons. The third-order valence-electron chi connectivity index (χ3n) is 4.08. The Morgan fingerprint density at radius 3 is 1.31 bits per heavy atom. The zero-order valence-electron chi connectivity index (χ0n) is 16.1. The average Bonchev–Trinajstić information content (AvgIpc) is 2.70. The Morgan fingerprint density at radius 2 is 1.03 bits per heavy atom. The van der Waals surface area contributed by atoms with E-state index in [1.807, 2.05) is 0 Å². The minimum absolute atomic E-state index is 0.000861. The molecule has 4 N–H and O–H groups in total. The molecule has 0 aliphatic heterocycles. The quantitative estimate of drug-likeness (QED) is 0.331. The van der Waals surface area contributed by atoms with Crippen molar-refractivity contribution in [3.05, 3.63) is 59.7 Å². The van der Waals surface area contributed by atoms with Gasteiger partial charge in [0.1, 0.15) is 0 Å². The summed E-state index contributed by atoms with van der Waals surface area (Å²) in [5.74, 6) is -1.16. The molecule has 10 heteroatoms. The van der Waals surface area contributed by atoms with E-state index in [9.17, 15) is 9.59 Å². The van der Waals surface area contributed by atoms with Gasteiger partial charge in [0, 0.05) is 5.41 Å². The van der Waals surface area contributed by atoms with Crippen molar-refractivity contribution in [3.63, 3.8) is 0 Å². The molecule has 0 aliphatic rings. The number of hydrogen-bond donors (Lipinski definition) is 4. The Balaban J connectivity index is 1.85. The zero-order chi connectivity index (χ0) is 21.6. The molecule has 2 aromatic rings. The first-order valence-corrected chi connectivity index (χ1v) is 8.85. The SMILES string of the molecule is CC(C)(COC(=O)c1ccc(B(O)O)cc1)COC(=O)c1ccc(B(O)O)cc1. The van der Waals surface area contributed by atoms with Crippen LogP contribution in [0, 0.1) is 5.41 Å². The highest BCUT2D eigenvalue weighted by molar-refractivity contribution is 6.58. The fourth-order valence-electron chi connectivity index (χ4n) is 2.31. The molecular formula is C19H22B2O8. The van der Waals surface area contributed by atoms with E-state index in [4.69, 9.17) is 29.6 Å². The predicted molar refractivity (Wildman–Crippen MR) is 107 cm³/mol. The van der Waals surface area contributed by atoms with Gasteiger partial charge in [-0.05, 0) is 35.2 Å². The van der Waals surface area contributed by atoms with Gasteiger partial charge >= 0.3 is 26.2 Å². The molecule has 29 heavy (non-hydrogen) atoms. The summed E-state index contributed by atoms with van der Waals surface area (Å²) in [4.78, 5) is 24.2. The fourth-order valence-corrected chi connectivity index (χ4v) is 2.31. The minimum atomic E-state index is -1.61. The van der Waals surface area contributed by atoms with Crippen LogP contribution < -0.4 is 10.9 Å². The van der Waals surface area contributed by atoms with E-state index in [0.29, 0.717) is 0 Å². The van der Waals surface area contributed by atoms with Crippen molar-refractivity contribution < 1.29 is 39.2 Å². The van der Waals surface area contributed by atoms with Gasteiger partial charge in [0.05, 0.1) is 24.3 Å². The Kier molecular flexibility index (Phi) is 7.58. The molecule has 0 heterocycles. The standard InChI is InChI=1S/C19H22B2O8/c1-19(2,11-28-17(22)13-3-7-15(8-4-13)20(24)25)12-29-18(23)14-5-9-16(10-6-14)21(26)27/h3-10,24-27H,11-12H2,1-2H3. The van der Waals surface area contributed by atoms with E-state index >= 15 is 0 Å². The molecule has 0 saturated carbocycles. The second-order valence-electron chi connectivity index (χ2n) is 7.31. The molecule has 0 bridgehead atoms. The van der Waals surface area contributed by atoms with Gasteiger partial charge in [-0.1, -0.05) is 38.1 Å². The van der Waals surface area contributed by atoms with Crippen LogP contribution in [0.4, 0.5) is 0 Å². The molecule has 0 amide bonds. The van der Waals surface area contributed by atoms with Crippen LogP contribution in [-0.2, 0) is 9.47 Å². The summed E-state index contributed by atoms with van der Waals surface area (Å²) in [6, 6.07) is 11.4.